The van der Waals surface area contributed by atoms with Crippen molar-refractivity contribution in [2.75, 3.05) is 33.2 Å². The first-order valence-electron chi connectivity index (χ1n) is 7.23. The first-order chi connectivity index (χ1) is 10.2. The van der Waals surface area contributed by atoms with Gasteiger partial charge in [-0.1, -0.05) is 24.3 Å². The molecule has 1 aliphatic heterocycles. The smallest absolute Gasteiger partial charge is 0.246 e. The van der Waals surface area contributed by atoms with Gasteiger partial charge in [0.1, 0.15) is 0 Å². The number of nitrogens with zero attached hydrogens (tertiary/aromatic N) is 3. The van der Waals surface area contributed by atoms with E-state index in [1.54, 1.807) is 12.3 Å². The van der Waals surface area contributed by atoms with Crippen molar-refractivity contribution in [3.8, 4) is 0 Å². The first kappa shape index (κ1) is 13.8. The fraction of sp³-hybridized carbons (Fsp3) is 0.294. The van der Waals surface area contributed by atoms with Crippen LogP contribution in [0.3, 0.4) is 0 Å². The number of aromatic nitrogens is 1. The molecule has 0 N–H and O–H groups in total. The Hall–Kier alpha value is -2.20. The van der Waals surface area contributed by atoms with E-state index in [2.05, 4.69) is 16.9 Å². The summed E-state index contributed by atoms with van der Waals surface area (Å²) < 4.78 is 0. The van der Waals surface area contributed by atoms with E-state index in [-0.39, 0.29) is 5.91 Å². The van der Waals surface area contributed by atoms with Crippen molar-refractivity contribution in [2.24, 2.45) is 0 Å². The lowest BCUT2D eigenvalue weighted by molar-refractivity contribution is -0.127. The highest BCUT2D eigenvalue weighted by Gasteiger charge is 2.16. The fourth-order valence-electron chi connectivity index (χ4n) is 2.56. The molecule has 4 nitrogen and oxygen atoms in total. The molecule has 4 heteroatoms. The molecular weight excluding hydrogens is 262 g/mol. The van der Waals surface area contributed by atoms with Crippen LogP contribution in [0, 0.1) is 0 Å². The number of amides is 1. The van der Waals surface area contributed by atoms with Crippen molar-refractivity contribution in [1.29, 1.82) is 0 Å². The van der Waals surface area contributed by atoms with Crippen LogP contribution in [0.5, 0.6) is 0 Å². The molecule has 0 radical (unpaired) electrons. The first-order valence-corrected chi connectivity index (χ1v) is 7.23. The van der Waals surface area contributed by atoms with E-state index < -0.39 is 0 Å². The zero-order chi connectivity index (χ0) is 14.7. The van der Waals surface area contributed by atoms with Crippen LogP contribution in [0.2, 0.25) is 0 Å². The minimum absolute atomic E-state index is 0.0797. The Bertz CT molecular complexity index is 667. The molecule has 1 aromatic carbocycles. The number of carbonyl (C=O) groups excluding carboxylic acids is 1. The summed E-state index contributed by atoms with van der Waals surface area (Å²) in [6, 6.07) is 9.96. The molecule has 0 aliphatic carbocycles. The zero-order valence-electron chi connectivity index (χ0n) is 12.2. The van der Waals surface area contributed by atoms with Gasteiger partial charge in [0.25, 0.3) is 0 Å². The summed E-state index contributed by atoms with van der Waals surface area (Å²) in [6.45, 7) is 3.48. The maximum absolute atomic E-state index is 12.2. The highest BCUT2D eigenvalue weighted by Crippen LogP contribution is 2.17. The highest BCUT2D eigenvalue weighted by molar-refractivity contribution is 5.95. The Labute approximate surface area is 124 Å². The minimum Gasteiger partial charge on any atom is -0.337 e. The number of piperazine rings is 1. The number of hydrogen-bond acceptors (Lipinski definition) is 3. The van der Waals surface area contributed by atoms with Crippen LogP contribution in [-0.2, 0) is 4.79 Å². The molecule has 1 amide bonds. The van der Waals surface area contributed by atoms with E-state index in [4.69, 9.17) is 0 Å². The molecule has 1 fully saturated rings. The molecule has 1 aromatic heterocycles. The summed E-state index contributed by atoms with van der Waals surface area (Å²) in [4.78, 5) is 20.7. The standard InChI is InChI=1S/C17H19N3O/c1-19-10-12-20(13-11-19)16(21)8-7-15-5-2-4-14-6-3-9-18-17(14)15/h2-9H,10-13H2,1H3/b8-7+. The third-order valence-electron chi connectivity index (χ3n) is 3.88. The lowest BCUT2D eigenvalue weighted by Crippen LogP contribution is -2.46. The van der Waals surface area contributed by atoms with Gasteiger partial charge in [0, 0.05) is 49.4 Å². The summed E-state index contributed by atoms with van der Waals surface area (Å²) in [7, 11) is 2.08. The molecule has 2 heterocycles. The van der Waals surface area contributed by atoms with E-state index in [1.165, 1.54) is 0 Å². The highest BCUT2D eigenvalue weighted by atomic mass is 16.2. The Kier molecular flexibility index (Phi) is 3.97. The molecule has 1 saturated heterocycles. The Balaban J connectivity index is 1.77. The van der Waals surface area contributed by atoms with Gasteiger partial charge >= 0.3 is 0 Å². The van der Waals surface area contributed by atoms with Crippen LogP contribution in [0.1, 0.15) is 5.56 Å². The van der Waals surface area contributed by atoms with Gasteiger partial charge in [0.15, 0.2) is 0 Å². The molecule has 0 saturated carbocycles. The summed E-state index contributed by atoms with van der Waals surface area (Å²) in [5, 5.41) is 1.09. The van der Waals surface area contributed by atoms with Crippen molar-refractivity contribution in [3.63, 3.8) is 0 Å². The average molecular weight is 281 g/mol. The maximum atomic E-state index is 12.2. The van der Waals surface area contributed by atoms with E-state index >= 15 is 0 Å². The van der Waals surface area contributed by atoms with Gasteiger partial charge in [-0.3, -0.25) is 9.78 Å². The van der Waals surface area contributed by atoms with Gasteiger partial charge in [-0.15, -0.1) is 0 Å². The molecule has 0 bridgehead atoms. The van der Waals surface area contributed by atoms with E-state index in [9.17, 15) is 4.79 Å². The number of para-hydroxylation sites is 1. The second-order valence-electron chi connectivity index (χ2n) is 5.38. The lowest BCUT2D eigenvalue weighted by Gasteiger charge is -2.31. The van der Waals surface area contributed by atoms with Crippen molar-refractivity contribution >= 4 is 22.9 Å². The summed E-state index contributed by atoms with van der Waals surface area (Å²) in [5.74, 6) is 0.0797. The van der Waals surface area contributed by atoms with Gasteiger partial charge in [-0.2, -0.15) is 0 Å². The van der Waals surface area contributed by atoms with Crippen LogP contribution in [0.15, 0.2) is 42.6 Å². The zero-order valence-corrected chi connectivity index (χ0v) is 12.2. The molecule has 3 rings (SSSR count). The molecule has 0 unspecified atom stereocenters. The Morgan fingerprint density at radius 3 is 2.71 bits per heavy atom. The van der Waals surface area contributed by atoms with Crippen molar-refractivity contribution in [2.45, 2.75) is 0 Å². The average Bonchev–Trinajstić information content (AvgIpc) is 2.53. The quantitative estimate of drug-likeness (QED) is 0.790. The normalized spacial score (nSPS) is 16.7. The largest absolute Gasteiger partial charge is 0.337 e. The number of carbonyl (C=O) groups is 1. The van der Waals surface area contributed by atoms with E-state index in [1.807, 2.05) is 41.3 Å². The van der Waals surface area contributed by atoms with Crippen molar-refractivity contribution in [3.05, 3.63) is 48.2 Å². The van der Waals surface area contributed by atoms with Crippen LogP contribution >= 0.6 is 0 Å². The van der Waals surface area contributed by atoms with Gasteiger partial charge < -0.3 is 9.80 Å². The van der Waals surface area contributed by atoms with Crippen LogP contribution < -0.4 is 0 Å². The van der Waals surface area contributed by atoms with Crippen molar-refractivity contribution in [1.82, 2.24) is 14.8 Å². The second kappa shape index (κ2) is 6.06. The number of fused-ring (bicyclic) bond motifs is 1. The fourth-order valence-corrected chi connectivity index (χ4v) is 2.56. The SMILES string of the molecule is CN1CCN(C(=O)/C=C/c2cccc3cccnc23)CC1. The molecule has 1 aliphatic rings. The monoisotopic (exact) mass is 281 g/mol. The maximum Gasteiger partial charge on any atom is 0.246 e. The second-order valence-corrected chi connectivity index (χ2v) is 5.38. The number of pyridine rings is 1. The molecule has 108 valence electrons. The Morgan fingerprint density at radius 2 is 1.90 bits per heavy atom. The van der Waals surface area contributed by atoms with E-state index in [0.29, 0.717) is 0 Å². The van der Waals surface area contributed by atoms with Gasteiger partial charge in [0.05, 0.1) is 5.52 Å². The van der Waals surface area contributed by atoms with Gasteiger partial charge in [0.2, 0.25) is 5.91 Å². The van der Waals surface area contributed by atoms with Gasteiger partial charge in [-0.05, 0) is 19.2 Å². The number of benzene rings is 1. The molecule has 0 atom stereocenters. The minimum atomic E-state index is 0.0797. The summed E-state index contributed by atoms with van der Waals surface area (Å²) in [6.07, 6.45) is 5.31. The topological polar surface area (TPSA) is 36.4 Å². The van der Waals surface area contributed by atoms with Crippen LogP contribution in [0.4, 0.5) is 0 Å². The Morgan fingerprint density at radius 1 is 1.14 bits per heavy atom. The number of rotatable bonds is 2. The molecular formula is C17H19N3O. The summed E-state index contributed by atoms with van der Waals surface area (Å²) >= 11 is 0. The predicted octanol–water partition coefficient (Wildman–Crippen LogP) is 2.02. The number of likely N-dealkylation sites (N-methyl/N-ethyl adjacent to an activating group) is 1. The van der Waals surface area contributed by atoms with Crippen LogP contribution in [0.25, 0.3) is 17.0 Å². The third-order valence-corrected chi connectivity index (χ3v) is 3.88. The predicted molar refractivity (Wildman–Crippen MR) is 84.9 cm³/mol. The lowest BCUT2D eigenvalue weighted by atomic mass is 10.1. The molecule has 0 spiro atoms. The van der Waals surface area contributed by atoms with Crippen molar-refractivity contribution < 1.29 is 4.79 Å². The van der Waals surface area contributed by atoms with E-state index in [0.717, 1.165) is 42.6 Å². The summed E-state index contributed by atoms with van der Waals surface area (Å²) in [5.41, 5.74) is 1.91. The molecule has 2 aromatic rings. The van der Waals surface area contributed by atoms with Crippen LogP contribution in [-0.4, -0.2) is 53.9 Å². The molecule has 21 heavy (non-hydrogen) atoms. The van der Waals surface area contributed by atoms with Gasteiger partial charge in [-0.25, -0.2) is 0 Å². The number of hydrogen-bond donors (Lipinski definition) is 0. The third kappa shape index (κ3) is 3.11.